The zero-order chi connectivity index (χ0) is 16.5. The van der Waals surface area contributed by atoms with Crippen LogP contribution in [-0.4, -0.2) is 12.6 Å². The van der Waals surface area contributed by atoms with Gasteiger partial charge in [-0.3, -0.25) is 4.79 Å². The third kappa shape index (κ3) is 15.9. The molecule has 132 valence electrons. The van der Waals surface area contributed by atoms with Crippen LogP contribution in [0.25, 0.3) is 0 Å². The molecular formula is C20H40O2. The second-order valence-corrected chi connectivity index (χ2v) is 6.78. The number of carbonyl (C=O) groups is 1. The Labute approximate surface area is 139 Å². The lowest BCUT2D eigenvalue weighted by Crippen LogP contribution is -2.12. The summed E-state index contributed by atoms with van der Waals surface area (Å²) in [5.74, 6) is 0.456. The largest absolute Gasteiger partial charge is 0.466 e. The van der Waals surface area contributed by atoms with Crippen LogP contribution in [-0.2, 0) is 9.53 Å². The summed E-state index contributed by atoms with van der Waals surface area (Å²) in [7, 11) is 0. The van der Waals surface area contributed by atoms with Crippen molar-refractivity contribution >= 4 is 5.97 Å². The van der Waals surface area contributed by atoms with Gasteiger partial charge in [0.05, 0.1) is 6.61 Å². The van der Waals surface area contributed by atoms with E-state index in [0.29, 0.717) is 12.5 Å². The summed E-state index contributed by atoms with van der Waals surface area (Å²) in [6, 6.07) is 0. The molecular weight excluding hydrogens is 272 g/mol. The van der Waals surface area contributed by atoms with Gasteiger partial charge in [-0.15, -0.1) is 0 Å². The van der Waals surface area contributed by atoms with Crippen LogP contribution in [0.5, 0.6) is 0 Å². The summed E-state index contributed by atoms with van der Waals surface area (Å²) in [5.41, 5.74) is 0. The van der Waals surface area contributed by atoms with Gasteiger partial charge in [-0.1, -0.05) is 90.9 Å². The first-order valence-electron chi connectivity index (χ1n) is 9.84. The van der Waals surface area contributed by atoms with Gasteiger partial charge in [0.15, 0.2) is 0 Å². The van der Waals surface area contributed by atoms with E-state index in [4.69, 9.17) is 4.74 Å². The number of hydrogen-bond donors (Lipinski definition) is 0. The van der Waals surface area contributed by atoms with E-state index < -0.39 is 0 Å². The molecule has 0 aliphatic heterocycles. The molecule has 0 aromatic carbocycles. The van der Waals surface area contributed by atoms with Crippen molar-refractivity contribution in [1.29, 1.82) is 0 Å². The fourth-order valence-corrected chi connectivity index (χ4v) is 2.97. The van der Waals surface area contributed by atoms with Gasteiger partial charge in [-0.2, -0.15) is 0 Å². The second-order valence-electron chi connectivity index (χ2n) is 6.78. The molecule has 0 amide bonds. The van der Waals surface area contributed by atoms with E-state index in [1.54, 1.807) is 0 Å². The topological polar surface area (TPSA) is 26.3 Å². The Kier molecular flexibility index (Phi) is 16.4. The predicted octanol–water partition coefficient (Wildman–Crippen LogP) is 6.67. The highest BCUT2D eigenvalue weighted by Crippen LogP contribution is 2.19. The molecule has 2 nitrogen and oxygen atoms in total. The average molecular weight is 313 g/mol. The van der Waals surface area contributed by atoms with Crippen LogP contribution in [0.1, 0.15) is 111 Å². The van der Waals surface area contributed by atoms with Gasteiger partial charge < -0.3 is 4.74 Å². The highest BCUT2D eigenvalue weighted by atomic mass is 16.5. The Balaban J connectivity index is 3.72. The number of carbonyl (C=O) groups excluding carboxylic acids is 1. The third-order valence-electron chi connectivity index (χ3n) is 4.45. The molecule has 0 aliphatic carbocycles. The van der Waals surface area contributed by atoms with Crippen molar-refractivity contribution in [2.24, 2.45) is 5.92 Å². The molecule has 0 atom stereocenters. The van der Waals surface area contributed by atoms with E-state index in [9.17, 15) is 4.79 Å². The summed E-state index contributed by atoms with van der Waals surface area (Å²) in [6.07, 6.45) is 18.6. The summed E-state index contributed by atoms with van der Waals surface area (Å²) < 4.78 is 5.26. The van der Waals surface area contributed by atoms with Crippen LogP contribution in [0, 0.1) is 5.92 Å². The van der Waals surface area contributed by atoms with Crippen molar-refractivity contribution in [3.05, 3.63) is 0 Å². The van der Waals surface area contributed by atoms with E-state index in [-0.39, 0.29) is 5.97 Å². The molecule has 0 saturated carbocycles. The molecule has 0 aromatic rings. The highest BCUT2D eigenvalue weighted by Gasteiger charge is 2.10. The van der Waals surface area contributed by atoms with Crippen molar-refractivity contribution in [3.8, 4) is 0 Å². The third-order valence-corrected chi connectivity index (χ3v) is 4.45. The van der Waals surface area contributed by atoms with Crippen molar-refractivity contribution in [2.75, 3.05) is 6.61 Å². The zero-order valence-corrected chi connectivity index (χ0v) is 15.5. The lowest BCUT2D eigenvalue weighted by atomic mass is 9.95. The normalized spacial score (nSPS) is 11.1. The summed E-state index contributed by atoms with van der Waals surface area (Å²) in [4.78, 5) is 11.0. The molecule has 0 aliphatic rings. The molecule has 0 radical (unpaired) electrons. The molecule has 0 fully saturated rings. The van der Waals surface area contributed by atoms with Gasteiger partial charge in [0.2, 0.25) is 0 Å². The molecule has 0 unspecified atom stereocenters. The quantitative estimate of drug-likeness (QED) is 0.235. The molecule has 2 heteroatoms. The minimum atomic E-state index is -0.129. The fraction of sp³-hybridized carbons (Fsp3) is 0.950. The molecule has 0 N–H and O–H groups in total. The smallest absolute Gasteiger partial charge is 0.302 e. The Hall–Kier alpha value is -0.530. The lowest BCUT2D eigenvalue weighted by molar-refractivity contribution is -0.142. The van der Waals surface area contributed by atoms with Crippen LogP contribution < -0.4 is 0 Å². The minimum Gasteiger partial charge on any atom is -0.466 e. The van der Waals surface area contributed by atoms with E-state index in [0.717, 1.165) is 0 Å². The van der Waals surface area contributed by atoms with Crippen molar-refractivity contribution < 1.29 is 9.53 Å². The van der Waals surface area contributed by atoms with Crippen molar-refractivity contribution in [2.45, 2.75) is 111 Å². The Morgan fingerprint density at radius 2 is 1.14 bits per heavy atom. The summed E-state index contributed by atoms with van der Waals surface area (Å²) in [5, 5.41) is 0. The molecule has 0 bridgehead atoms. The first kappa shape index (κ1) is 21.5. The van der Waals surface area contributed by atoms with Crippen LogP contribution in [0.15, 0.2) is 0 Å². The first-order chi connectivity index (χ1) is 10.7. The van der Waals surface area contributed by atoms with Gasteiger partial charge >= 0.3 is 5.97 Å². The number of esters is 1. The number of ether oxygens (including phenoxy) is 1. The van der Waals surface area contributed by atoms with Crippen molar-refractivity contribution in [1.82, 2.24) is 0 Å². The van der Waals surface area contributed by atoms with Crippen LogP contribution in [0.2, 0.25) is 0 Å². The lowest BCUT2D eigenvalue weighted by Gasteiger charge is -2.16. The molecule has 0 saturated heterocycles. The second kappa shape index (κ2) is 16.8. The van der Waals surface area contributed by atoms with E-state index >= 15 is 0 Å². The van der Waals surface area contributed by atoms with E-state index in [1.807, 2.05) is 0 Å². The van der Waals surface area contributed by atoms with Crippen LogP contribution in [0.4, 0.5) is 0 Å². The fourth-order valence-electron chi connectivity index (χ4n) is 2.97. The monoisotopic (exact) mass is 312 g/mol. The highest BCUT2D eigenvalue weighted by molar-refractivity contribution is 5.65. The van der Waals surface area contributed by atoms with Gasteiger partial charge in [-0.25, -0.2) is 0 Å². The molecule has 0 rings (SSSR count). The Morgan fingerprint density at radius 3 is 1.55 bits per heavy atom. The molecule has 0 heterocycles. The standard InChI is InChI=1S/C20H40O2/c1-4-6-8-10-12-14-16-20(18-22-19(3)21)17-15-13-11-9-7-5-2/h20H,4-18H2,1-3H3. The zero-order valence-electron chi connectivity index (χ0n) is 15.5. The summed E-state index contributed by atoms with van der Waals surface area (Å²) >= 11 is 0. The van der Waals surface area contributed by atoms with Gasteiger partial charge in [-0.05, 0) is 18.8 Å². The summed E-state index contributed by atoms with van der Waals surface area (Å²) in [6.45, 7) is 6.68. The van der Waals surface area contributed by atoms with Crippen LogP contribution in [0.3, 0.4) is 0 Å². The molecule has 0 aromatic heterocycles. The predicted molar refractivity (Wildman–Crippen MR) is 96.1 cm³/mol. The van der Waals surface area contributed by atoms with Crippen molar-refractivity contribution in [3.63, 3.8) is 0 Å². The maximum atomic E-state index is 11.0. The van der Waals surface area contributed by atoms with Gasteiger partial charge in [0.1, 0.15) is 0 Å². The number of hydrogen-bond acceptors (Lipinski definition) is 2. The Bertz CT molecular complexity index is 222. The molecule has 0 spiro atoms. The van der Waals surface area contributed by atoms with Gasteiger partial charge in [0.25, 0.3) is 0 Å². The van der Waals surface area contributed by atoms with Crippen LogP contribution >= 0.6 is 0 Å². The number of unbranched alkanes of at least 4 members (excludes halogenated alkanes) is 10. The first-order valence-corrected chi connectivity index (χ1v) is 9.84. The minimum absolute atomic E-state index is 0.129. The molecule has 22 heavy (non-hydrogen) atoms. The van der Waals surface area contributed by atoms with E-state index in [2.05, 4.69) is 13.8 Å². The average Bonchev–Trinajstić information content (AvgIpc) is 2.50. The Morgan fingerprint density at radius 1 is 0.727 bits per heavy atom. The number of rotatable bonds is 16. The van der Waals surface area contributed by atoms with Gasteiger partial charge in [0, 0.05) is 6.92 Å². The SMILES string of the molecule is CCCCCCCCC(CCCCCCCC)COC(C)=O. The maximum absolute atomic E-state index is 11.0. The van der Waals surface area contributed by atoms with E-state index in [1.165, 1.54) is 96.8 Å². The maximum Gasteiger partial charge on any atom is 0.302 e.